The summed E-state index contributed by atoms with van der Waals surface area (Å²) in [6, 6.07) is 0.542. The van der Waals surface area contributed by atoms with Crippen molar-refractivity contribution in [1.29, 1.82) is 0 Å². The lowest BCUT2D eigenvalue weighted by molar-refractivity contribution is -0.137. The first kappa shape index (κ1) is 17.4. The number of rotatable bonds is 4. The van der Waals surface area contributed by atoms with Crippen molar-refractivity contribution < 1.29 is 22.0 Å². The Balaban J connectivity index is 2.43. The predicted octanol–water partition coefficient (Wildman–Crippen LogP) is 3.80. The van der Waals surface area contributed by atoms with Crippen LogP contribution in [0.3, 0.4) is 0 Å². The molecule has 124 valence electrons. The van der Waals surface area contributed by atoms with Crippen LogP contribution in [0.2, 0.25) is 5.02 Å². The molecule has 0 saturated carbocycles. The second-order valence-electron chi connectivity index (χ2n) is 5.14. The average Bonchev–Trinajstić information content (AvgIpc) is 2.47. The summed E-state index contributed by atoms with van der Waals surface area (Å²) in [5, 5.41) is 2.50. The Hall–Kier alpha value is -0.920. The lowest BCUT2D eigenvalue weighted by Gasteiger charge is -2.35. The number of hydrogen-bond donors (Lipinski definition) is 1. The van der Waals surface area contributed by atoms with E-state index in [1.165, 1.54) is 0 Å². The van der Waals surface area contributed by atoms with Crippen LogP contribution >= 0.6 is 11.6 Å². The van der Waals surface area contributed by atoms with Crippen molar-refractivity contribution in [1.82, 2.24) is 10.2 Å². The number of nitrogens with one attached hydrogen (secondary N) is 1. The summed E-state index contributed by atoms with van der Waals surface area (Å²) in [5.74, 6) is -0.911. The Morgan fingerprint density at radius 3 is 2.41 bits per heavy atom. The van der Waals surface area contributed by atoms with Crippen molar-refractivity contribution in [2.75, 3.05) is 32.9 Å². The molecule has 0 spiro atoms. The molecule has 1 fully saturated rings. The topological polar surface area (TPSA) is 15.3 Å². The first-order valence-electron chi connectivity index (χ1n) is 6.91. The van der Waals surface area contributed by atoms with E-state index in [1.54, 1.807) is 4.90 Å². The van der Waals surface area contributed by atoms with E-state index in [4.69, 9.17) is 11.6 Å². The molecule has 0 unspecified atom stereocenters. The summed E-state index contributed by atoms with van der Waals surface area (Å²) in [5.41, 5.74) is -1.22. The van der Waals surface area contributed by atoms with E-state index in [0.717, 1.165) is 6.07 Å². The van der Waals surface area contributed by atoms with Gasteiger partial charge in [0, 0.05) is 37.8 Å². The molecule has 1 heterocycles. The third kappa shape index (κ3) is 3.88. The Morgan fingerprint density at radius 1 is 1.23 bits per heavy atom. The Kier molecular flexibility index (Phi) is 5.63. The Morgan fingerprint density at radius 2 is 1.86 bits per heavy atom. The molecule has 22 heavy (non-hydrogen) atoms. The van der Waals surface area contributed by atoms with Crippen molar-refractivity contribution in [2.24, 2.45) is 0 Å². The highest BCUT2D eigenvalue weighted by atomic mass is 35.5. The first-order valence-corrected chi connectivity index (χ1v) is 7.29. The van der Waals surface area contributed by atoms with Gasteiger partial charge in [-0.25, -0.2) is 4.39 Å². The fourth-order valence-electron chi connectivity index (χ4n) is 2.65. The number of piperazine rings is 1. The van der Waals surface area contributed by atoms with Gasteiger partial charge in [0.2, 0.25) is 0 Å². The summed E-state index contributed by atoms with van der Waals surface area (Å²) in [6.45, 7) is 1.52. The molecule has 8 heteroatoms. The molecule has 1 N–H and O–H groups in total. The van der Waals surface area contributed by atoms with E-state index < -0.39 is 35.3 Å². The first-order chi connectivity index (χ1) is 10.3. The van der Waals surface area contributed by atoms with Gasteiger partial charge >= 0.3 is 6.18 Å². The number of alkyl halides is 4. The van der Waals surface area contributed by atoms with Gasteiger partial charge in [0.25, 0.3) is 0 Å². The van der Waals surface area contributed by atoms with Gasteiger partial charge in [-0.05, 0) is 18.6 Å². The summed E-state index contributed by atoms with van der Waals surface area (Å²) in [6.07, 6.45) is -4.70. The average molecular weight is 343 g/mol. The van der Waals surface area contributed by atoms with E-state index >= 15 is 0 Å². The second kappa shape index (κ2) is 7.10. The van der Waals surface area contributed by atoms with E-state index in [9.17, 15) is 22.0 Å². The summed E-state index contributed by atoms with van der Waals surface area (Å²) < 4.78 is 65.7. The molecular formula is C14H16ClF5N2. The van der Waals surface area contributed by atoms with Gasteiger partial charge in [-0.1, -0.05) is 11.6 Å². The highest BCUT2D eigenvalue weighted by Crippen LogP contribution is 2.37. The molecule has 1 aromatic carbocycles. The molecule has 0 bridgehead atoms. The lowest BCUT2D eigenvalue weighted by Crippen LogP contribution is -2.45. The molecule has 0 aromatic heterocycles. The van der Waals surface area contributed by atoms with Crippen LogP contribution in [0.5, 0.6) is 0 Å². The normalized spacial score (nSPS) is 18.5. The molecule has 1 atom stereocenters. The van der Waals surface area contributed by atoms with Crippen molar-refractivity contribution >= 4 is 11.6 Å². The monoisotopic (exact) mass is 342 g/mol. The summed E-state index contributed by atoms with van der Waals surface area (Å²) >= 11 is 5.61. The van der Waals surface area contributed by atoms with Gasteiger partial charge in [-0.15, -0.1) is 0 Å². The van der Waals surface area contributed by atoms with Crippen LogP contribution in [-0.4, -0.2) is 37.8 Å². The number of halogens is 6. The van der Waals surface area contributed by atoms with Crippen LogP contribution in [0, 0.1) is 5.82 Å². The standard InChI is InChI=1S/C14H16ClF5N2/c15-11-8-9(14(18,19)20)7-10(13(11)17)12(1-2-16)22-5-3-21-4-6-22/h7-8,12,21H,1-6H2/t12-/m0/s1. The predicted molar refractivity (Wildman–Crippen MR) is 74.2 cm³/mol. The molecule has 1 saturated heterocycles. The van der Waals surface area contributed by atoms with Gasteiger partial charge in [-0.2, -0.15) is 13.2 Å². The van der Waals surface area contributed by atoms with Gasteiger partial charge in [0.1, 0.15) is 5.82 Å². The Labute approximate surface area is 130 Å². The molecule has 0 radical (unpaired) electrons. The molecule has 1 aliphatic heterocycles. The molecule has 1 aromatic rings. The fourth-order valence-corrected chi connectivity index (χ4v) is 2.88. The minimum atomic E-state index is -4.63. The SMILES string of the molecule is FCC[C@@H](c1cc(C(F)(F)F)cc(Cl)c1F)N1CCNCC1. The Bertz CT molecular complexity index is 515. The highest BCUT2D eigenvalue weighted by molar-refractivity contribution is 6.30. The minimum Gasteiger partial charge on any atom is -0.314 e. The van der Waals surface area contributed by atoms with Crippen LogP contribution in [0.15, 0.2) is 12.1 Å². The van der Waals surface area contributed by atoms with Gasteiger partial charge in [0.05, 0.1) is 17.3 Å². The zero-order chi connectivity index (χ0) is 16.3. The fraction of sp³-hybridized carbons (Fsp3) is 0.571. The highest BCUT2D eigenvalue weighted by Gasteiger charge is 2.34. The van der Waals surface area contributed by atoms with E-state index in [0.29, 0.717) is 32.2 Å². The molecular weight excluding hydrogens is 327 g/mol. The smallest absolute Gasteiger partial charge is 0.314 e. The van der Waals surface area contributed by atoms with Gasteiger partial charge in [-0.3, -0.25) is 9.29 Å². The summed E-state index contributed by atoms with van der Waals surface area (Å²) in [7, 11) is 0. The molecule has 0 amide bonds. The number of hydrogen-bond acceptors (Lipinski definition) is 2. The maximum atomic E-state index is 14.2. The quantitative estimate of drug-likeness (QED) is 0.837. The minimum absolute atomic E-state index is 0.0748. The molecule has 2 nitrogen and oxygen atoms in total. The van der Waals surface area contributed by atoms with Crippen molar-refractivity contribution in [2.45, 2.75) is 18.6 Å². The van der Waals surface area contributed by atoms with Crippen LogP contribution in [-0.2, 0) is 6.18 Å². The van der Waals surface area contributed by atoms with Gasteiger partial charge < -0.3 is 5.32 Å². The zero-order valence-electron chi connectivity index (χ0n) is 11.7. The van der Waals surface area contributed by atoms with Crippen LogP contribution in [0.25, 0.3) is 0 Å². The lowest BCUT2D eigenvalue weighted by atomic mass is 9.98. The molecule has 1 aliphatic rings. The zero-order valence-corrected chi connectivity index (χ0v) is 12.4. The van der Waals surface area contributed by atoms with Crippen molar-refractivity contribution in [3.63, 3.8) is 0 Å². The largest absolute Gasteiger partial charge is 0.416 e. The number of nitrogens with zero attached hydrogens (tertiary/aromatic N) is 1. The van der Waals surface area contributed by atoms with Crippen molar-refractivity contribution in [3.05, 3.63) is 34.1 Å². The number of benzene rings is 1. The van der Waals surface area contributed by atoms with E-state index in [-0.39, 0.29) is 12.0 Å². The van der Waals surface area contributed by atoms with Crippen LogP contribution in [0.4, 0.5) is 22.0 Å². The molecule has 2 rings (SSSR count). The van der Waals surface area contributed by atoms with Crippen LogP contribution in [0.1, 0.15) is 23.6 Å². The third-order valence-corrected chi connectivity index (χ3v) is 3.99. The maximum Gasteiger partial charge on any atom is 0.416 e. The van der Waals surface area contributed by atoms with Crippen LogP contribution < -0.4 is 5.32 Å². The molecule has 0 aliphatic carbocycles. The summed E-state index contributed by atoms with van der Waals surface area (Å²) in [4.78, 5) is 1.78. The third-order valence-electron chi connectivity index (χ3n) is 3.72. The van der Waals surface area contributed by atoms with Gasteiger partial charge in [0.15, 0.2) is 0 Å². The second-order valence-corrected chi connectivity index (χ2v) is 5.55. The van der Waals surface area contributed by atoms with Crippen molar-refractivity contribution in [3.8, 4) is 0 Å². The van der Waals surface area contributed by atoms with E-state index in [1.807, 2.05) is 0 Å². The maximum absolute atomic E-state index is 14.2. The van der Waals surface area contributed by atoms with E-state index in [2.05, 4.69) is 5.32 Å².